The second-order valence-corrected chi connectivity index (χ2v) is 18.3. The average molecular weight is 1030 g/mol. The Balaban J connectivity index is 0.933. The van der Waals surface area contributed by atoms with Crippen LogP contribution in [0, 0.1) is 11.8 Å². The van der Waals surface area contributed by atoms with Crippen molar-refractivity contribution >= 4 is 52.5 Å². The highest BCUT2D eigenvalue weighted by atomic mass is 19.4. The van der Waals surface area contributed by atoms with Crippen LogP contribution in [0.15, 0.2) is 107 Å². The molecule has 2 saturated heterocycles. The van der Waals surface area contributed by atoms with E-state index < -0.39 is 82.3 Å². The molecule has 25 heteroatoms. The number of carbonyl (C=O) groups excluding carboxylic acids is 5. The Hall–Kier alpha value is -8.51. The summed E-state index contributed by atoms with van der Waals surface area (Å²) in [6.45, 7) is 1.31. The lowest BCUT2D eigenvalue weighted by molar-refractivity contribution is -0.138. The Labute approximate surface area is 414 Å². The van der Waals surface area contributed by atoms with E-state index in [-0.39, 0.29) is 104 Å². The molecule has 6 aromatic rings. The van der Waals surface area contributed by atoms with Crippen molar-refractivity contribution in [1.29, 1.82) is 0 Å². The van der Waals surface area contributed by atoms with Gasteiger partial charge < -0.3 is 20.0 Å². The number of aromatic nitrogens is 6. The highest BCUT2D eigenvalue weighted by molar-refractivity contribution is 6.21. The number of amides is 4. The Morgan fingerprint density at radius 3 is 1.80 bits per heavy atom. The SMILES string of the molecule is CCCn1c(=O)c2c(n(CCN3C(=O)c4ccccc4C3=O)c1=O)N(OC(=O)c1cnn(CC3CC(=O)N(c4cccc(C(F)(F)F)c4)C3)c1)C(c1cnn(CC3CC(=O)N(c4cccc(C(F)(F)F)c4)C3)c1)N2. The number of rotatable bonds is 14. The zero-order valence-corrected chi connectivity index (χ0v) is 39.0. The summed E-state index contributed by atoms with van der Waals surface area (Å²) in [5.74, 6) is -4.12. The summed E-state index contributed by atoms with van der Waals surface area (Å²) in [6.07, 6.45) is -4.77. The Bertz CT molecular complexity index is 3350. The van der Waals surface area contributed by atoms with Crippen molar-refractivity contribution in [3.8, 4) is 0 Å². The van der Waals surface area contributed by atoms with Gasteiger partial charge in [0.1, 0.15) is 5.69 Å². The van der Waals surface area contributed by atoms with Crippen LogP contribution in [-0.4, -0.2) is 82.8 Å². The molecule has 0 saturated carbocycles. The summed E-state index contributed by atoms with van der Waals surface area (Å²) in [7, 11) is 0. The normalized spacial score (nSPS) is 18.7. The van der Waals surface area contributed by atoms with E-state index in [9.17, 15) is 59.9 Å². The summed E-state index contributed by atoms with van der Waals surface area (Å²) < 4.78 is 85.9. The third kappa shape index (κ3) is 9.16. The van der Waals surface area contributed by atoms with E-state index in [2.05, 4.69) is 15.5 Å². The third-order valence-electron chi connectivity index (χ3n) is 13.3. The predicted octanol–water partition coefficient (Wildman–Crippen LogP) is 5.96. The molecule has 0 bridgehead atoms. The van der Waals surface area contributed by atoms with Gasteiger partial charge in [0.15, 0.2) is 12.0 Å². The van der Waals surface area contributed by atoms with Crippen LogP contribution in [0.5, 0.6) is 0 Å². The van der Waals surface area contributed by atoms with E-state index >= 15 is 0 Å². The molecule has 0 radical (unpaired) electrons. The van der Waals surface area contributed by atoms with Gasteiger partial charge in [0, 0.05) is 99.8 Å². The first-order valence-electron chi connectivity index (χ1n) is 23.4. The maximum Gasteiger partial charge on any atom is 0.416 e. The predicted molar refractivity (Wildman–Crippen MR) is 250 cm³/mol. The number of fused-ring (bicyclic) bond motifs is 2. The number of imide groups is 1. The van der Waals surface area contributed by atoms with Crippen LogP contribution < -0.4 is 31.4 Å². The van der Waals surface area contributed by atoms with E-state index in [1.54, 1.807) is 19.1 Å². The van der Waals surface area contributed by atoms with Crippen LogP contribution in [0.3, 0.4) is 0 Å². The molecule has 10 rings (SSSR count). The molecule has 3 aromatic carbocycles. The van der Waals surface area contributed by atoms with Gasteiger partial charge in [-0.2, -0.15) is 41.6 Å². The molecule has 0 spiro atoms. The average Bonchev–Trinajstić information content (AvgIpc) is 4.25. The highest BCUT2D eigenvalue weighted by Gasteiger charge is 2.43. The van der Waals surface area contributed by atoms with Crippen LogP contribution >= 0.6 is 0 Å². The second kappa shape index (κ2) is 18.8. The molecule has 4 aliphatic rings. The first-order chi connectivity index (χ1) is 35.3. The van der Waals surface area contributed by atoms with E-state index in [1.165, 1.54) is 80.3 Å². The lowest BCUT2D eigenvalue weighted by Gasteiger charge is -2.26. The number of carbonyl (C=O) groups is 5. The molecule has 3 aromatic heterocycles. The minimum atomic E-state index is -4.62. The van der Waals surface area contributed by atoms with Gasteiger partial charge >= 0.3 is 24.0 Å². The van der Waals surface area contributed by atoms with Crippen molar-refractivity contribution < 1.29 is 55.2 Å². The van der Waals surface area contributed by atoms with Gasteiger partial charge in [0.25, 0.3) is 17.4 Å². The molecule has 384 valence electrons. The molecule has 2 fully saturated rings. The number of hydrogen-bond donors (Lipinski definition) is 1. The monoisotopic (exact) mass is 1030 g/mol. The van der Waals surface area contributed by atoms with Gasteiger partial charge in [-0.15, -0.1) is 0 Å². The summed E-state index contributed by atoms with van der Waals surface area (Å²) >= 11 is 0. The Morgan fingerprint density at radius 1 is 0.689 bits per heavy atom. The van der Waals surface area contributed by atoms with E-state index in [4.69, 9.17) is 4.84 Å². The second-order valence-electron chi connectivity index (χ2n) is 18.3. The fraction of sp³-hybridized carbons (Fsp3) is 0.327. The number of halogens is 6. The summed E-state index contributed by atoms with van der Waals surface area (Å²) in [6, 6.07) is 15.1. The van der Waals surface area contributed by atoms with Crippen molar-refractivity contribution in [3.05, 3.63) is 152 Å². The zero-order valence-electron chi connectivity index (χ0n) is 39.0. The zero-order chi connectivity index (χ0) is 52.4. The van der Waals surface area contributed by atoms with Crippen LogP contribution in [-0.2, 0) is 53.0 Å². The van der Waals surface area contributed by atoms with Crippen LogP contribution in [0.25, 0.3) is 0 Å². The number of alkyl halides is 6. The van der Waals surface area contributed by atoms with Gasteiger partial charge in [0.05, 0.1) is 40.2 Å². The smallest absolute Gasteiger partial charge is 0.351 e. The van der Waals surface area contributed by atoms with Crippen molar-refractivity contribution in [2.24, 2.45) is 11.8 Å². The van der Waals surface area contributed by atoms with Crippen molar-refractivity contribution in [1.82, 2.24) is 33.6 Å². The fourth-order valence-corrected chi connectivity index (χ4v) is 9.81. The standard InChI is InChI=1S/C49H43F6N11O8/c1-2-13-63-45(71)40-42(61(47(63)73)14-15-62-43(69)36-11-3-4-12-37(36)44(62)70)66(41(58-40)30-20-56-59(26-30)22-28-16-38(67)64(24-28)34-9-5-7-32(18-34)48(50,51)52)74-46(72)31-21-57-60(27-31)23-29-17-39(68)65(25-29)35-10-6-8-33(19-35)49(53,54)55/h3-12,18-21,26-29,41,58H,2,13-17,22-25H2,1H3. The molecule has 7 heterocycles. The van der Waals surface area contributed by atoms with Gasteiger partial charge in [-0.25, -0.2) is 9.59 Å². The molecule has 3 atom stereocenters. The Morgan fingerprint density at radius 2 is 1.24 bits per heavy atom. The number of hydrogen-bond acceptors (Lipinski definition) is 12. The molecule has 3 unspecified atom stereocenters. The summed E-state index contributed by atoms with van der Waals surface area (Å²) in [5, 5.41) is 12.8. The maximum absolute atomic E-state index is 14.4. The molecule has 74 heavy (non-hydrogen) atoms. The molecule has 1 N–H and O–H groups in total. The van der Waals surface area contributed by atoms with Crippen LogP contribution in [0.2, 0.25) is 0 Å². The first-order valence-corrected chi connectivity index (χ1v) is 23.4. The molecule has 4 aliphatic heterocycles. The Kier molecular flexibility index (Phi) is 12.5. The quantitative estimate of drug-likeness (QED) is 0.0995. The lowest BCUT2D eigenvalue weighted by Crippen LogP contribution is -2.44. The van der Waals surface area contributed by atoms with Gasteiger partial charge in [0.2, 0.25) is 11.8 Å². The fourth-order valence-electron chi connectivity index (χ4n) is 9.81. The third-order valence-corrected chi connectivity index (χ3v) is 13.3. The number of nitrogens with zero attached hydrogens (tertiary/aromatic N) is 10. The summed E-state index contributed by atoms with van der Waals surface area (Å²) in [4.78, 5) is 106. The minimum absolute atomic E-state index is 0.0164. The number of anilines is 4. The van der Waals surface area contributed by atoms with Gasteiger partial charge in [-0.1, -0.05) is 31.2 Å². The van der Waals surface area contributed by atoms with E-state index in [0.29, 0.717) is 6.42 Å². The molecular weight excluding hydrogens is 985 g/mol. The number of benzene rings is 3. The number of hydroxylamine groups is 1. The van der Waals surface area contributed by atoms with E-state index in [1.807, 2.05) is 0 Å². The van der Waals surface area contributed by atoms with E-state index in [0.717, 1.165) is 43.4 Å². The molecule has 19 nitrogen and oxygen atoms in total. The topological polar surface area (TPSA) is 199 Å². The minimum Gasteiger partial charge on any atom is -0.351 e. The maximum atomic E-state index is 14.4. The highest BCUT2D eigenvalue weighted by Crippen LogP contribution is 2.40. The van der Waals surface area contributed by atoms with Crippen LogP contribution in [0.1, 0.15) is 80.1 Å². The summed E-state index contributed by atoms with van der Waals surface area (Å²) in [5.41, 5.74) is -2.98. The van der Waals surface area contributed by atoms with Crippen molar-refractivity contribution in [3.63, 3.8) is 0 Å². The van der Waals surface area contributed by atoms with Gasteiger partial charge in [-0.3, -0.25) is 47.4 Å². The molecular formula is C49H43F6N11O8. The number of nitrogens with one attached hydrogen (secondary N) is 1. The van der Waals surface area contributed by atoms with Crippen LogP contribution in [0.4, 0.5) is 49.2 Å². The first kappa shape index (κ1) is 49.1. The largest absolute Gasteiger partial charge is 0.416 e. The van der Waals surface area contributed by atoms with Crippen molar-refractivity contribution in [2.45, 2.75) is 70.9 Å². The molecule has 0 aliphatic carbocycles. The lowest BCUT2D eigenvalue weighted by atomic mass is 10.1. The van der Waals surface area contributed by atoms with Gasteiger partial charge in [-0.05, 0) is 55.0 Å². The molecule has 4 amide bonds. The van der Waals surface area contributed by atoms with Crippen molar-refractivity contribution in [2.75, 3.05) is 39.8 Å².